The number of urea groups is 1. The number of ether oxygens (including phenoxy) is 1. The van der Waals surface area contributed by atoms with Crippen molar-refractivity contribution in [2.75, 3.05) is 33.4 Å². The number of carbonyl (C=O) groups excluding carboxylic acids is 2. The van der Waals surface area contributed by atoms with Gasteiger partial charge in [0.2, 0.25) is 5.91 Å². The molecule has 2 heterocycles. The van der Waals surface area contributed by atoms with Crippen LogP contribution >= 0.6 is 0 Å². The van der Waals surface area contributed by atoms with Gasteiger partial charge in [-0.05, 0) is 31.2 Å². The van der Waals surface area contributed by atoms with Crippen LogP contribution in [0.2, 0.25) is 0 Å². The quantitative estimate of drug-likeness (QED) is 0.878. The largest absolute Gasteiger partial charge is 0.383 e. The van der Waals surface area contributed by atoms with E-state index in [2.05, 4.69) is 5.32 Å². The zero-order valence-corrected chi connectivity index (χ0v) is 15.6. The fraction of sp³-hybridized carbons (Fsp3) is 0.600. The van der Waals surface area contributed by atoms with Crippen LogP contribution in [-0.2, 0) is 16.1 Å². The standard InChI is InChI=1S/C20H29N3O3/c1-26-15-14-23-18(24)8-10-20(23)9-5-12-22(13-11-20)19(25)21-16-17-6-3-2-4-7-17/h2-4,6-7H,5,8-16H2,1H3,(H,21,25). The first kappa shape index (κ1) is 18.7. The molecule has 2 fully saturated rings. The second kappa shape index (κ2) is 8.54. The molecule has 26 heavy (non-hydrogen) atoms. The minimum Gasteiger partial charge on any atom is -0.383 e. The monoisotopic (exact) mass is 359 g/mol. The van der Waals surface area contributed by atoms with Crippen molar-refractivity contribution >= 4 is 11.9 Å². The first-order valence-electron chi connectivity index (χ1n) is 9.51. The van der Waals surface area contributed by atoms with Gasteiger partial charge in [0.15, 0.2) is 0 Å². The van der Waals surface area contributed by atoms with Crippen LogP contribution in [0.4, 0.5) is 4.79 Å². The molecule has 142 valence electrons. The Balaban J connectivity index is 1.57. The molecule has 0 aromatic heterocycles. The Labute approximate surface area is 155 Å². The summed E-state index contributed by atoms with van der Waals surface area (Å²) in [5.74, 6) is 0.226. The van der Waals surface area contributed by atoms with Crippen molar-refractivity contribution in [3.05, 3.63) is 35.9 Å². The van der Waals surface area contributed by atoms with Gasteiger partial charge in [-0.3, -0.25) is 4.79 Å². The summed E-state index contributed by atoms with van der Waals surface area (Å²) in [6, 6.07) is 9.92. The Kier molecular flexibility index (Phi) is 6.14. The van der Waals surface area contributed by atoms with E-state index in [4.69, 9.17) is 4.74 Å². The van der Waals surface area contributed by atoms with Crippen LogP contribution in [0.1, 0.15) is 37.7 Å². The highest BCUT2D eigenvalue weighted by Gasteiger charge is 2.45. The molecular weight excluding hydrogens is 330 g/mol. The number of amides is 3. The van der Waals surface area contributed by atoms with Crippen LogP contribution in [0.5, 0.6) is 0 Å². The van der Waals surface area contributed by atoms with E-state index in [-0.39, 0.29) is 17.5 Å². The molecule has 6 nitrogen and oxygen atoms in total. The molecule has 3 rings (SSSR count). The van der Waals surface area contributed by atoms with E-state index in [9.17, 15) is 9.59 Å². The Hall–Kier alpha value is -2.08. The van der Waals surface area contributed by atoms with E-state index in [0.29, 0.717) is 32.7 Å². The number of benzene rings is 1. The van der Waals surface area contributed by atoms with E-state index < -0.39 is 0 Å². The highest BCUT2D eigenvalue weighted by atomic mass is 16.5. The van der Waals surface area contributed by atoms with Gasteiger partial charge in [0.1, 0.15) is 0 Å². The Morgan fingerprint density at radius 1 is 1.19 bits per heavy atom. The summed E-state index contributed by atoms with van der Waals surface area (Å²) in [7, 11) is 1.67. The number of methoxy groups -OCH3 is 1. The normalized spacial score (nSPS) is 23.3. The molecule has 0 bridgehead atoms. The van der Waals surface area contributed by atoms with Crippen molar-refractivity contribution < 1.29 is 14.3 Å². The lowest BCUT2D eigenvalue weighted by Gasteiger charge is -2.38. The molecule has 2 aliphatic rings. The van der Waals surface area contributed by atoms with Gasteiger partial charge < -0.3 is 19.9 Å². The van der Waals surface area contributed by atoms with Crippen molar-refractivity contribution in [2.45, 2.75) is 44.2 Å². The molecule has 1 spiro atoms. The van der Waals surface area contributed by atoms with Gasteiger partial charge in [0.25, 0.3) is 0 Å². The van der Waals surface area contributed by atoms with Gasteiger partial charge >= 0.3 is 6.03 Å². The Morgan fingerprint density at radius 3 is 2.77 bits per heavy atom. The maximum absolute atomic E-state index is 12.6. The van der Waals surface area contributed by atoms with Gasteiger partial charge in [-0.1, -0.05) is 30.3 Å². The number of rotatable bonds is 5. The predicted octanol–water partition coefficient (Wildman–Crippen LogP) is 2.39. The molecule has 2 aliphatic heterocycles. The third-order valence-electron chi connectivity index (χ3n) is 5.69. The molecule has 1 aromatic rings. The second-order valence-electron chi connectivity index (χ2n) is 7.25. The molecule has 1 N–H and O–H groups in total. The molecule has 0 aliphatic carbocycles. The Bertz CT molecular complexity index is 622. The number of nitrogens with one attached hydrogen (secondary N) is 1. The van der Waals surface area contributed by atoms with Crippen molar-refractivity contribution in [1.29, 1.82) is 0 Å². The van der Waals surface area contributed by atoms with Gasteiger partial charge in [-0.2, -0.15) is 0 Å². The van der Waals surface area contributed by atoms with Crippen LogP contribution in [0.3, 0.4) is 0 Å². The molecule has 1 atom stereocenters. The molecule has 0 radical (unpaired) electrons. The Morgan fingerprint density at radius 2 is 2.00 bits per heavy atom. The molecular formula is C20H29N3O3. The number of nitrogens with zero attached hydrogens (tertiary/aromatic N) is 2. The molecule has 0 saturated carbocycles. The van der Waals surface area contributed by atoms with E-state index in [0.717, 1.165) is 37.8 Å². The van der Waals surface area contributed by atoms with Gasteiger partial charge in [0, 0.05) is 45.2 Å². The van der Waals surface area contributed by atoms with Gasteiger partial charge in [-0.25, -0.2) is 4.79 Å². The number of likely N-dealkylation sites (tertiary alicyclic amines) is 2. The van der Waals surface area contributed by atoms with Crippen molar-refractivity contribution in [1.82, 2.24) is 15.1 Å². The summed E-state index contributed by atoms with van der Waals surface area (Å²) in [6.07, 6.45) is 4.25. The lowest BCUT2D eigenvalue weighted by atomic mass is 9.88. The second-order valence-corrected chi connectivity index (χ2v) is 7.25. The van der Waals surface area contributed by atoms with Crippen molar-refractivity contribution in [3.8, 4) is 0 Å². The van der Waals surface area contributed by atoms with Gasteiger partial charge in [-0.15, -0.1) is 0 Å². The summed E-state index contributed by atoms with van der Waals surface area (Å²) in [4.78, 5) is 28.8. The van der Waals surface area contributed by atoms with Crippen molar-refractivity contribution in [3.63, 3.8) is 0 Å². The molecule has 6 heteroatoms. The minimum atomic E-state index is -0.0932. The molecule has 3 amide bonds. The van der Waals surface area contributed by atoms with E-state index >= 15 is 0 Å². The zero-order valence-electron chi connectivity index (χ0n) is 15.6. The highest BCUT2D eigenvalue weighted by Crippen LogP contribution is 2.38. The molecule has 2 saturated heterocycles. The summed E-state index contributed by atoms with van der Waals surface area (Å²) < 4.78 is 5.18. The average molecular weight is 359 g/mol. The first-order valence-corrected chi connectivity index (χ1v) is 9.51. The van der Waals surface area contributed by atoms with E-state index in [1.165, 1.54) is 0 Å². The number of hydrogen-bond acceptors (Lipinski definition) is 3. The average Bonchev–Trinajstić information content (AvgIpc) is 2.83. The SMILES string of the molecule is COCCN1C(=O)CCC12CCCN(C(=O)NCc1ccccc1)CC2. The number of carbonyl (C=O) groups is 2. The summed E-state index contributed by atoms with van der Waals surface area (Å²) in [5, 5.41) is 3.02. The van der Waals surface area contributed by atoms with E-state index in [1.807, 2.05) is 40.1 Å². The van der Waals surface area contributed by atoms with Crippen molar-refractivity contribution in [2.24, 2.45) is 0 Å². The summed E-state index contributed by atoms with van der Waals surface area (Å²) in [5.41, 5.74) is 1.00. The van der Waals surface area contributed by atoms with Crippen LogP contribution in [0.15, 0.2) is 30.3 Å². The maximum atomic E-state index is 12.6. The zero-order chi connectivity index (χ0) is 18.4. The maximum Gasteiger partial charge on any atom is 0.317 e. The third kappa shape index (κ3) is 4.18. The molecule has 1 unspecified atom stereocenters. The summed E-state index contributed by atoms with van der Waals surface area (Å²) in [6.45, 7) is 3.19. The highest BCUT2D eigenvalue weighted by molar-refractivity contribution is 5.80. The lowest BCUT2D eigenvalue weighted by Crippen LogP contribution is -2.48. The summed E-state index contributed by atoms with van der Waals surface area (Å²) >= 11 is 0. The lowest BCUT2D eigenvalue weighted by molar-refractivity contribution is -0.132. The fourth-order valence-corrected chi connectivity index (χ4v) is 4.21. The van der Waals surface area contributed by atoms with Crippen LogP contribution in [0, 0.1) is 0 Å². The first-order chi connectivity index (χ1) is 12.6. The third-order valence-corrected chi connectivity index (χ3v) is 5.69. The predicted molar refractivity (Wildman–Crippen MR) is 99.7 cm³/mol. The fourth-order valence-electron chi connectivity index (χ4n) is 4.21. The van der Waals surface area contributed by atoms with E-state index in [1.54, 1.807) is 7.11 Å². The molecule has 1 aromatic carbocycles. The number of hydrogen-bond donors (Lipinski definition) is 1. The van der Waals surface area contributed by atoms with Gasteiger partial charge in [0.05, 0.1) is 6.61 Å². The van der Waals surface area contributed by atoms with Crippen LogP contribution in [-0.4, -0.2) is 60.6 Å². The smallest absolute Gasteiger partial charge is 0.317 e. The minimum absolute atomic E-state index is 0.0151. The van der Waals surface area contributed by atoms with Crippen LogP contribution < -0.4 is 5.32 Å². The topological polar surface area (TPSA) is 61.9 Å². The van der Waals surface area contributed by atoms with Crippen LogP contribution in [0.25, 0.3) is 0 Å².